The van der Waals surface area contributed by atoms with Gasteiger partial charge in [-0.2, -0.15) is 0 Å². The fourth-order valence-corrected chi connectivity index (χ4v) is 1.90. The van der Waals surface area contributed by atoms with Crippen molar-refractivity contribution in [1.29, 1.82) is 0 Å². The van der Waals surface area contributed by atoms with Gasteiger partial charge >= 0.3 is 0 Å². The van der Waals surface area contributed by atoms with Crippen LogP contribution in [0.4, 0.5) is 0 Å². The third-order valence-corrected chi connectivity index (χ3v) is 5.26. The summed E-state index contributed by atoms with van der Waals surface area (Å²) in [5.41, 5.74) is 0. The summed E-state index contributed by atoms with van der Waals surface area (Å²) in [5.74, 6) is 0.587. The minimum absolute atomic E-state index is 0.0310. The van der Waals surface area contributed by atoms with Crippen LogP contribution in [0.25, 0.3) is 0 Å². The summed E-state index contributed by atoms with van der Waals surface area (Å²) in [5, 5.41) is 11.2. The molecule has 0 saturated heterocycles. The highest BCUT2D eigenvalue weighted by atomic mass is 32.2. The summed E-state index contributed by atoms with van der Waals surface area (Å²) in [6, 6.07) is -0.0310. The molecule has 1 atom stereocenters. The lowest BCUT2D eigenvalue weighted by Gasteiger charge is -2.17. The zero-order valence-corrected chi connectivity index (χ0v) is 13.0. The number of nitrogens with zero attached hydrogens (tertiary/aromatic N) is 2. The van der Waals surface area contributed by atoms with E-state index in [1.807, 2.05) is 6.92 Å². The van der Waals surface area contributed by atoms with Gasteiger partial charge in [-0.3, -0.25) is 0 Å². The zero-order chi connectivity index (χ0) is 14.7. The van der Waals surface area contributed by atoms with Gasteiger partial charge in [-0.05, 0) is 33.2 Å². The summed E-state index contributed by atoms with van der Waals surface area (Å²) < 4.78 is 27.9. The molecule has 0 spiro atoms. The molecule has 0 amide bonds. The standard InChI is InChI=1S/C12H23N3O3S/c1-6-8-13-9(7-2)10-14-15-11(18-10)12(3,4)19(5,16)17/h9,13H,6-8H2,1-5H3. The molecule has 6 nitrogen and oxygen atoms in total. The summed E-state index contributed by atoms with van der Waals surface area (Å²) in [4.78, 5) is 0. The van der Waals surface area contributed by atoms with Crippen molar-refractivity contribution < 1.29 is 12.8 Å². The molecule has 0 aliphatic heterocycles. The normalized spacial score (nSPS) is 14.6. The lowest BCUT2D eigenvalue weighted by molar-refractivity contribution is 0.354. The van der Waals surface area contributed by atoms with Gasteiger partial charge in [0, 0.05) is 6.26 Å². The molecule has 1 aromatic heterocycles. The molecule has 0 saturated carbocycles. The largest absolute Gasteiger partial charge is 0.422 e. The first-order chi connectivity index (χ1) is 8.74. The maximum atomic E-state index is 11.7. The molecule has 1 aromatic rings. The predicted molar refractivity (Wildman–Crippen MR) is 73.5 cm³/mol. The number of hydrogen-bond donors (Lipinski definition) is 1. The third-order valence-electron chi connectivity index (χ3n) is 3.23. The predicted octanol–water partition coefficient (Wildman–Crippen LogP) is 1.80. The quantitative estimate of drug-likeness (QED) is 0.824. The van der Waals surface area contributed by atoms with Gasteiger partial charge in [0.15, 0.2) is 9.84 Å². The Hall–Kier alpha value is -0.950. The highest BCUT2D eigenvalue weighted by Gasteiger charge is 2.38. The Morgan fingerprint density at radius 3 is 2.42 bits per heavy atom. The van der Waals surface area contributed by atoms with Crippen LogP contribution in [0.3, 0.4) is 0 Å². The molecule has 1 unspecified atom stereocenters. The van der Waals surface area contributed by atoms with Crippen molar-refractivity contribution in [2.24, 2.45) is 0 Å². The first-order valence-electron chi connectivity index (χ1n) is 6.50. The second kappa shape index (κ2) is 6.00. The number of rotatable bonds is 7. The molecular formula is C12H23N3O3S. The van der Waals surface area contributed by atoms with Crippen LogP contribution >= 0.6 is 0 Å². The third kappa shape index (κ3) is 3.54. The molecule has 0 fully saturated rings. The van der Waals surface area contributed by atoms with Crippen molar-refractivity contribution in [1.82, 2.24) is 15.5 Å². The van der Waals surface area contributed by atoms with Crippen LogP contribution in [0.1, 0.15) is 58.4 Å². The van der Waals surface area contributed by atoms with Crippen LogP contribution in [0.15, 0.2) is 4.42 Å². The Labute approximate surface area is 114 Å². The maximum absolute atomic E-state index is 11.7. The smallest absolute Gasteiger partial charge is 0.237 e. The molecule has 0 radical (unpaired) electrons. The van der Waals surface area contributed by atoms with Crippen LogP contribution in [0.2, 0.25) is 0 Å². The fourth-order valence-electron chi connectivity index (χ4n) is 1.50. The molecule has 1 heterocycles. The van der Waals surface area contributed by atoms with Crippen LogP contribution in [0.5, 0.6) is 0 Å². The number of sulfone groups is 1. The van der Waals surface area contributed by atoms with Crippen LogP contribution < -0.4 is 5.32 Å². The molecule has 0 bridgehead atoms. The minimum atomic E-state index is -3.31. The van der Waals surface area contributed by atoms with Gasteiger partial charge in [0.1, 0.15) is 4.75 Å². The second-order valence-corrected chi connectivity index (χ2v) is 7.71. The van der Waals surface area contributed by atoms with Crippen LogP contribution in [-0.2, 0) is 14.6 Å². The van der Waals surface area contributed by atoms with Gasteiger partial charge in [-0.25, -0.2) is 8.42 Å². The number of hydrogen-bond acceptors (Lipinski definition) is 6. The van der Waals surface area contributed by atoms with E-state index in [9.17, 15) is 8.42 Å². The van der Waals surface area contributed by atoms with E-state index in [1.54, 1.807) is 13.8 Å². The van der Waals surface area contributed by atoms with Crippen LogP contribution in [0, 0.1) is 0 Å². The Kier molecular flexibility index (Phi) is 5.09. The average molecular weight is 289 g/mol. The lowest BCUT2D eigenvalue weighted by Crippen LogP contribution is -2.28. The molecule has 0 aliphatic carbocycles. The van der Waals surface area contributed by atoms with Gasteiger partial charge in [-0.1, -0.05) is 13.8 Å². The first kappa shape index (κ1) is 16.1. The summed E-state index contributed by atoms with van der Waals surface area (Å²) in [6.45, 7) is 8.08. The van der Waals surface area contributed by atoms with E-state index >= 15 is 0 Å². The van der Waals surface area contributed by atoms with Crippen molar-refractivity contribution in [3.63, 3.8) is 0 Å². The topological polar surface area (TPSA) is 85.1 Å². The van der Waals surface area contributed by atoms with Crippen molar-refractivity contribution in [3.8, 4) is 0 Å². The Bertz CT molecular complexity index is 508. The second-order valence-electron chi connectivity index (χ2n) is 5.14. The zero-order valence-electron chi connectivity index (χ0n) is 12.2. The Balaban J connectivity index is 2.99. The van der Waals surface area contributed by atoms with Gasteiger partial charge in [0.2, 0.25) is 11.8 Å². The monoisotopic (exact) mass is 289 g/mol. The van der Waals surface area contributed by atoms with E-state index in [2.05, 4.69) is 22.4 Å². The van der Waals surface area contributed by atoms with Gasteiger partial charge < -0.3 is 9.73 Å². The fraction of sp³-hybridized carbons (Fsp3) is 0.833. The van der Waals surface area contributed by atoms with Crippen molar-refractivity contribution in [3.05, 3.63) is 11.8 Å². The molecule has 7 heteroatoms. The molecule has 1 N–H and O–H groups in total. The highest BCUT2D eigenvalue weighted by Crippen LogP contribution is 2.29. The molecule has 19 heavy (non-hydrogen) atoms. The van der Waals surface area contributed by atoms with Crippen molar-refractivity contribution in [2.45, 2.75) is 51.3 Å². The summed E-state index contributed by atoms with van der Waals surface area (Å²) in [7, 11) is -3.31. The molecular weight excluding hydrogens is 266 g/mol. The van der Waals surface area contributed by atoms with Crippen molar-refractivity contribution in [2.75, 3.05) is 12.8 Å². The highest BCUT2D eigenvalue weighted by molar-refractivity contribution is 7.91. The van der Waals surface area contributed by atoms with E-state index in [0.717, 1.165) is 19.4 Å². The number of aromatic nitrogens is 2. The van der Waals surface area contributed by atoms with Gasteiger partial charge in [-0.15, -0.1) is 10.2 Å². The van der Waals surface area contributed by atoms with Gasteiger partial charge in [0.25, 0.3) is 0 Å². The van der Waals surface area contributed by atoms with Crippen molar-refractivity contribution >= 4 is 9.84 Å². The molecule has 0 aliphatic rings. The van der Waals surface area contributed by atoms with E-state index in [4.69, 9.17) is 4.42 Å². The summed E-state index contributed by atoms with van der Waals surface area (Å²) in [6.07, 6.45) is 2.98. The van der Waals surface area contributed by atoms with E-state index < -0.39 is 14.6 Å². The minimum Gasteiger partial charge on any atom is -0.422 e. The Morgan fingerprint density at radius 1 is 1.32 bits per heavy atom. The first-order valence-corrected chi connectivity index (χ1v) is 8.40. The number of nitrogens with one attached hydrogen (secondary N) is 1. The maximum Gasteiger partial charge on any atom is 0.237 e. The van der Waals surface area contributed by atoms with Gasteiger partial charge in [0.05, 0.1) is 6.04 Å². The van der Waals surface area contributed by atoms with E-state index in [-0.39, 0.29) is 11.9 Å². The average Bonchev–Trinajstić information content (AvgIpc) is 2.78. The molecule has 110 valence electrons. The molecule has 1 rings (SSSR count). The van der Waals surface area contributed by atoms with Crippen LogP contribution in [-0.4, -0.2) is 31.4 Å². The molecule has 0 aromatic carbocycles. The lowest BCUT2D eigenvalue weighted by atomic mass is 10.2. The Morgan fingerprint density at radius 2 is 1.95 bits per heavy atom. The van der Waals surface area contributed by atoms with E-state index in [0.29, 0.717) is 5.89 Å². The van der Waals surface area contributed by atoms with E-state index in [1.165, 1.54) is 6.26 Å². The summed E-state index contributed by atoms with van der Waals surface area (Å²) >= 11 is 0. The SMILES string of the molecule is CCCNC(CC)c1nnc(C(C)(C)S(C)(=O)=O)o1.